The van der Waals surface area contributed by atoms with Crippen LogP contribution in [-0.2, 0) is 6.54 Å². The number of hydrogen-bond donors (Lipinski definition) is 2. The van der Waals surface area contributed by atoms with E-state index in [1.807, 2.05) is 55.5 Å². The van der Waals surface area contributed by atoms with Gasteiger partial charge in [-0.1, -0.05) is 18.2 Å². The summed E-state index contributed by atoms with van der Waals surface area (Å²) < 4.78 is 5.21. The van der Waals surface area contributed by atoms with E-state index in [4.69, 9.17) is 4.74 Å². The third-order valence-corrected chi connectivity index (χ3v) is 5.30. The van der Waals surface area contributed by atoms with Crippen LogP contribution in [0.2, 0.25) is 0 Å². The average Bonchev–Trinajstić information content (AvgIpc) is 3.62. The third-order valence-electron chi connectivity index (χ3n) is 5.30. The first-order chi connectivity index (χ1) is 15.0. The molecule has 6 heteroatoms. The molecule has 0 bridgehead atoms. The number of benzene rings is 2. The van der Waals surface area contributed by atoms with Crippen molar-refractivity contribution >= 4 is 11.8 Å². The Morgan fingerprint density at radius 1 is 1.03 bits per heavy atom. The van der Waals surface area contributed by atoms with Crippen molar-refractivity contribution in [3.05, 3.63) is 83.0 Å². The Hall–Kier alpha value is -3.67. The summed E-state index contributed by atoms with van der Waals surface area (Å²) in [5.41, 5.74) is 4.68. The number of pyridine rings is 1. The number of ether oxygens (including phenoxy) is 1. The van der Waals surface area contributed by atoms with Gasteiger partial charge in [-0.2, -0.15) is 0 Å². The zero-order chi connectivity index (χ0) is 21.8. The highest BCUT2D eigenvalue weighted by Gasteiger charge is 2.24. The Bertz CT molecular complexity index is 1110. The van der Waals surface area contributed by atoms with Crippen LogP contribution < -0.4 is 15.4 Å². The minimum absolute atomic E-state index is 0.0581. The highest BCUT2D eigenvalue weighted by molar-refractivity contribution is 5.96. The second-order valence-corrected chi connectivity index (χ2v) is 7.74. The Labute approximate surface area is 181 Å². The van der Waals surface area contributed by atoms with E-state index in [9.17, 15) is 9.59 Å². The van der Waals surface area contributed by atoms with Gasteiger partial charge in [-0.15, -0.1) is 0 Å². The minimum atomic E-state index is -0.198. The lowest BCUT2D eigenvalue weighted by molar-refractivity contribution is 0.0942. The molecule has 0 atom stereocenters. The lowest BCUT2D eigenvalue weighted by atomic mass is 10.0. The molecule has 2 aromatic carbocycles. The summed E-state index contributed by atoms with van der Waals surface area (Å²) in [6.07, 6.45) is 3.66. The van der Waals surface area contributed by atoms with Crippen LogP contribution in [0.15, 0.2) is 60.8 Å². The molecule has 0 radical (unpaired) electrons. The lowest BCUT2D eigenvalue weighted by Gasteiger charge is -2.10. The number of amides is 2. The zero-order valence-corrected chi connectivity index (χ0v) is 17.6. The summed E-state index contributed by atoms with van der Waals surface area (Å²) in [7, 11) is 1.61. The quantitative estimate of drug-likeness (QED) is 0.614. The number of aryl methyl sites for hydroxylation is 1. The van der Waals surface area contributed by atoms with Crippen LogP contribution in [-0.4, -0.2) is 29.9 Å². The summed E-state index contributed by atoms with van der Waals surface area (Å²) >= 11 is 0. The Morgan fingerprint density at radius 3 is 2.55 bits per heavy atom. The predicted octanol–water partition coefficient (Wildman–Crippen LogP) is 3.89. The van der Waals surface area contributed by atoms with Crippen molar-refractivity contribution in [1.29, 1.82) is 0 Å². The second kappa shape index (κ2) is 9.00. The monoisotopic (exact) mass is 415 g/mol. The van der Waals surface area contributed by atoms with E-state index < -0.39 is 0 Å². The van der Waals surface area contributed by atoms with Gasteiger partial charge >= 0.3 is 0 Å². The molecule has 1 aliphatic rings. The maximum atomic E-state index is 12.5. The summed E-state index contributed by atoms with van der Waals surface area (Å²) in [4.78, 5) is 29.3. The van der Waals surface area contributed by atoms with Gasteiger partial charge in [0.05, 0.1) is 18.4 Å². The summed E-state index contributed by atoms with van der Waals surface area (Å²) in [5.74, 6) is 0.495. The molecule has 1 aromatic heterocycles. The predicted molar refractivity (Wildman–Crippen MR) is 119 cm³/mol. The fraction of sp³-hybridized carbons (Fsp3) is 0.240. The first-order valence-corrected chi connectivity index (χ1v) is 10.3. The molecule has 6 nitrogen and oxygen atoms in total. The van der Waals surface area contributed by atoms with Crippen molar-refractivity contribution in [3.63, 3.8) is 0 Å². The molecule has 1 aliphatic carbocycles. The van der Waals surface area contributed by atoms with Crippen molar-refractivity contribution in [2.45, 2.75) is 32.4 Å². The van der Waals surface area contributed by atoms with Gasteiger partial charge in [-0.25, -0.2) is 0 Å². The van der Waals surface area contributed by atoms with Gasteiger partial charge in [0.15, 0.2) is 0 Å². The molecule has 0 unspecified atom stereocenters. The lowest BCUT2D eigenvalue weighted by Crippen LogP contribution is -2.25. The molecule has 0 saturated heterocycles. The standard InChI is InChI=1S/C25H25N3O3/c1-16-6-7-18(25(30)28-20-9-10-20)13-22(16)23-11-8-19(15-26-23)24(29)27-14-17-4-3-5-21(12-17)31-2/h3-8,11-13,15,20H,9-10,14H2,1-2H3,(H,27,29)(H,28,30). The van der Waals surface area contributed by atoms with Gasteiger partial charge in [0.25, 0.3) is 11.8 Å². The molecule has 1 heterocycles. The maximum Gasteiger partial charge on any atom is 0.253 e. The van der Waals surface area contributed by atoms with E-state index in [2.05, 4.69) is 15.6 Å². The van der Waals surface area contributed by atoms with E-state index in [1.54, 1.807) is 19.4 Å². The van der Waals surface area contributed by atoms with E-state index in [0.717, 1.165) is 41.0 Å². The van der Waals surface area contributed by atoms with Crippen LogP contribution in [0.25, 0.3) is 11.3 Å². The van der Waals surface area contributed by atoms with Gasteiger partial charge in [-0.3, -0.25) is 14.6 Å². The normalized spacial score (nSPS) is 12.8. The van der Waals surface area contributed by atoms with Crippen molar-refractivity contribution in [2.75, 3.05) is 7.11 Å². The van der Waals surface area contributed by atoms with Gasteiger partial charge < -0.3 is 15.4 Å². The van der Waals surface area contributed by atoms with E-state index in [0.29, 0.717) is 23.7 Å². The zero-order valence-electron chi connectivity index (χ0n) is 17.6. The third kappa shape index (κ3) is 5.09. The van der Waals surface area contributed by atoms with Gasteiger partial charge in [0, 0.05) is 29.9 Å². The number of carbonyl (C=O) groups excluding carboxylic acids is 2. The Kier molecular flexibility index (Phi) is 5.98. The number of methoxy groups -OCH3 is 1. The van der Waals surface area contributed by atoms with Crippen molar-refractivity contribution in [3.8, 4) is 17.0 Å². The summed E-state index contributed by atoms with van der Waals surface area (Å²) in [6, 6.07) is 17.0. The number of rotatable bonds is 7. The Morgan fingerprint density at radius 2 is 1.84 bits per heavy atom. The smallest absolute Gasteiger partial charge is 0.253 e. The maximum absolute atomic E-state index is 12.5. The van der Waals surface area contributed by atoms with Crippen molar-refractivity contribution in [1.82, 2.24) is 15.6 Å². The van der Waals surface area contributed by atoms with Crippen LogP contribution >= 0.6 is 0 Å². The van der Waals surface area contributed by atoms with Gasteiger partial charge in [-0.05, 0) is 67.3 Å². The van der Waals surface area contributed by atoms with Gasteiger partial charge in [0.1, 0.15) is 5.75 Å². The van der Waals surface area contributed by atoms with E-state index >= 15 is 0 Å². The van der Waals surface area contributed by atoms with Crippen LogP contribution in [0, 0.1) is 6.92 Å². The van der Waals surface area contributed by atoms with Crippen LogP contribution in [0.3, 0.4) is 0 Å². The first-order valence-electron chi connectivity index (χ1n) is 10.3. The molecule has 2 amide bonds. The number of carbonyl (C=O) groups is 2. The molecule has 31 heavy (non-hydrogen) atoms. The second-order valence-electron chi connectivity index (χ2n) is 7.74. The van der Waals surface area contributed by atoms with E-state index in [-0.39, 0.29) is 11.8 Å². The molecule has 4 rings (SSSR count). The Balaban J connectivity index is 1.44. The highest BCUT2D eigenvalue weighted by atomic mass is 16.5. The number of nitrogens with zero attached hydrogens (tertiary/aromatic N) is 1. The summed E-state index contributed by atoms with van der Waals surface area (Å²) in [6.45, 7) is 2.38. The molecule has 158 valence electrons. The highest BCUT2D eigenvalue weighted by Crippen LogP contribution is 2.24. The van der Waals surface area contributed by atoms with Crippen LogP contribution in [0.4, 0.5) is 0 Å². The molecular weight excluding hydrogens is 390 g/mol. The fourth-order valence-corrected chi connectivity index (χ4v) is 3.29. The summed E-state index contributed by atoms with van der Waals surface area (Å²) in [5, 5.41) is 5.90. The number of aromatic nitrogens is 1. The van der Waals surface area contributed by atoms with E-state index in [1.165, 1.54) is 0 Å². The topological polar surface area (TPSA) is 80.3 Å². The minimum Gasteiger partial charge on any atom is -0.497 e. The van der Waals surface area contributed by atoms with Crippen LogP contribution in [0.5, 0.6) is 5.75 Å². The molecular formula is C25H25N3O3. The van der Waals surface area contributed by atoms with Crippen LogP contribution in [0.1, 0.15) is 44.7 Å². The first kappa shape index (κ1) is 20.6. The fourth-order valence-electron chi connectivity index (χ4n) is 3.29. The molecule has 3 aromatic rings. The van der Waals surface area contributed by atoms with Gasteiger partial charge in [0.2, 0.25) is 0 Å². The number of hydrogen-bond acceptors (Lipinski definition) is 4. The largest absolute Gasteiger partial charge is 0.497 e. The molecule has 0 spiro atoms. The molecule has 1 fully saturated rings. The van der Waals surface area contributed by atoms with Crippen molar-refractivity contribution < 1.29 is 14.3 Å². The SMILES string of the molecule is COc1cccc(CNC(=O)c2ccc(-c3cc(C(=O)NC4CC4)ccc3C)nc2)c1. The number of nitrogens with one attached hydrogen (secondary N) is 2. The molecule has 1 saturated carbocycles. The average molecular weight is 415 g/mol. The molecule has 0 aliphatic heterocycles. The molecule has 2 N–H and O–H groups in total. The van der Waals surface area contributed by atoms with Crippen molar-refractivity contribution in [2.24, 2.45) is 0 Å².